The highest BCUT2D eigenvalue weighted by Gasteiger charge is 2.20. The molecule has 0 amide bonds. The van der Waals surface area contributed by atoms with Crippen LogP contribution in [0.3, 0.4) is 0 Å². The van der Waals surface area contributed by atoms with Gasteiger partial charge in [-0.3, -0.25) is 0 Å². The molecule has 0 heterocycles. The van der Waals surface area contributed by atoms with Crippen molar-refractivity contribution < 1.29 is 0 Å². The maximum atomic E-state index is 6.96. The van der Waals surface area contributed by atoms with Crippen molar-refractivity contribution in [2.45, 2.75) is 18.9 Å². The summed E-state index contributed by atoms with van der Waals surface area (Å²) in [5, 5.41) is 0. The molecule has 0 spiro atoms. The number of hydrogen-bond donors (Lipinski definition) is 1. The van der Waals surface area contributed by atoms with Crippen molar-refractivity contribution in [3.05, 3.63) is 40.7 Å². The van der Waals surface area contributed by atoms with E-state index in [1.165, 1.54) is 11.1 Å². The normalized spacial score (nSPS) is 18.6. The van der Waals surface area contributed by atoms with E-state index in [0.717, 1.165) is 18.5 Å². The van der Waals surface area contributed by atoms with Gasteiger partial charge in [-0.05, 0) is 24.0 Å². The number of nitrogens with zero attached hydrogens (tertiary/aromatic N) is 1. The summed E-state index contributed by atoms with van der Waals surface area (Å²) in [6, 6.07) is 5.96. The molecule has 0 bridgehead atoms. The number of fused-ring (bicyclic) bond motifs is 1. The summed E-state index contributed by atoms with van der Waals surface area (Å²) in [6.07, 6.45) is 1.96. The SMILES string of the molecule is S.[C-]#[N+]c1cccc2c1CC[C@@H]2N. The second-order valence-corrected chi connectivity index (χ2v) is 3.10. The molecule has 0 aromatic heterocycles. The van der Waals surface area contributed by atoms with Crippen LogP contribution < -0.4 is 5.73 Å². The van der Waals surface area contributed by atoms with Gasteiger partial charge in [-0.15, -0.1) is 0 Å². The zero-order valence-corrected chi connectivity index (χ0v) is 8.25. The van der Waals surface area contributed by atoms with Crippen LogP contribution in [-0.4, -0.2) is 0 Å². The van der Waals surface area contributed by atoms with Crippen molar-refractivity contribution in [1.82, 2.24) is 0 Å². The van der Waals surface area contributed by atoms with Crippen LogP contribution in [0.4, 0.5) is 5.69 Å². The molecule has 0 fully saturated rings. The first-order valence-electron chi connectivity index (χ1n) is 4.08. The van der Waals surface area contributed by atoms with E-state index in [-0.39, 0.29) is 19.5 Å². The van der Waals surface area contributed by atoms with E-state index >= 15 is 0 Å². The topological polar surface area (TPSA) is 30.4 Å². The van der Waals surface area contributed by atoms with E-state index in [1.54, 1.807) is 0 Å². The molecule has 0 radical (unpaired) electrons. The van der Waals surface area contributed by atoms with E-state index in [9.17, 15) is 0 Å². The summed E-state index contributed by atoms with van der Waals surface area (Å²) >= 11 is 0. The van der Waals surface area contributed by atoms with Gasteiger partial charge in [-0.25, -0.2) is 4.85 Å². The Balaban J connectivity index is 0.000000845. The lowest BCUT2D eigenvalue weighted by atomic mass is 10.1. The van der Waals surface area contributed by atoms with E-state index < -0.39 is 0 Å². The highest BCUT2D eigenvalue weighted by Crippen LogP contribution is 2.35. The minimum Gasteiger partial charge on any atom is -0.324 e. The van der Waals surface area contributed by atoms with E-state index in [2.05, 4.69) is 4.85 Å². The van der Waals surface area contributed by atoms with Gasteiger partial charge in [0.2, 0.25) is 0 Å². The van der Waals surface area contributed by atoms with Crippen LogP contribution in [0.15, 0.2) is 18.2 Å². The van der Waals surface area contributed by atoms with Gasteiger partial charge < -0.3 is 5.73 Å². The van der Waals surface area contributed by atoms with Gasteiger partial charge in [-0.2, -0.15) is 13.5 Å². The van der Waals surface area contributed by atoms with Crippen LogP contribution in [0.1, 0.15) is 23.6 Å². The van der Waals surface area contributed by atoms with Gasteiger partial charge in [0.15, 0.2) is 5.69 Å². The Labute approximate surface area is 85.0 Å². The maximum Gasteiger partial charge on any atom is 0.190 e. The Morgan fingerprint density at radius 3 is 2.92 bits per heavy atom. The molecule has 13 heavy (non-hydrogen) atoms. The molecule has 0 saturated carbocycles. The fourth-order valence-electron chi connectivity index (χ4n) is 1.77. The minimum absolute atomic E-state index is 0. The molecule has 1 aromatic carbocycles. The Morgan fingerprint density at radius 2 is 2.23 bits per heavy atom. The van der Waals surface area contributed by atoms with Crippen LogP contribution in [0, 0.1) is 6.57 Å². The number of hydrogen-bond acceptors (Lipinski definition) is 1. The summed E-state index contributed by atoms with van der Waals surface area (Å²) in [7, 11) is 0. The molecule has 0 unspecified atom stereocenters. The van der Waals surface area contributed by atoms with Gasteiger partial charge in [0.05, 0.1) is 6.57 Å². The zero-order valence-electron chi connectivity index (χ0n) is 7.25. The predicted octanol–water partition coefficient (Wildman–Crippen LogP) is 2.30. The van der Waals surface area contributed by atoms with Crippen LogP contribution >= 0.6 is 13.5 Å². The molecule has 1 aromatic rings. The fourth-order valence-corrected chi connectivity index (χ4v) is 1.77. The highest BCUT2D eigenvalue weighted by molar-refractivity contribution is 7.59. The number of benzene rings is 1. The third kappa shape index (κ3) is 1.55. The van der Waals surface area contributed by atoms with E-state index in [1.807, 2.05) is 18.2 Å². The summed E-state index contributed by atoms with van der Waals surface area (Å²) in [5.41, 5.74) is 8.98. The molecule has 1 aliphatic carbocycles. The second-order valence-electron chi connectivity index (χ2n) is 3.10. The lowest BCUT2D eigenvalue weighted by molar-refractivity contribution is 0.713. The number of nitrogens with two attached hydrogens (primary N) is 1. The lowest BCUT2D eigenvalue weighted by Crippen LogP contribution is -2.04. The maximum absolute atomic E-state index is 6.96. The van der Waals surface area contributed by atoms with E-state index in [4.69, 9.17) is 12.3 Å². The van der Waals surface area contributed by atoms with Crippen LogP contribution in [0.2, 0.25) is 0 Å². The number of rotatable bonds is 0. The van der Waals surface area contributed by atoms with Gasteiger partial charge >= 0.3 is 0 Å². The Hall–Kier alpha value is -0.980. The molecule has 68 valence electrons. The van der Waals surface area contributed by atoms with Crippen LogP contribution in [0.5, 0.6) is 0 Å². The van der Waals surface area contributed by atoms with Crippen molar-refractivity contribution >= 4 is 19.2 Å². The zero-order chi connectivity index (χ0) is 8.55. The molecule has 2 nitrogen and oxygen atoms in total. The molecular weight excluding hydrogens is 180 g/mol. The molecule has 0 aliphatic heterocycles. The fraction of sp³-hybridized carbons (Fsp3) is 0.300. The highest BCUT2D eigenvalue weighted by atomic mass is 32.1. The first-order valence-corrected chi connectivity index (χ1v) is 4.08. The van der Waals surface area contributed by atoms with Crippen molar-refractivity contribution in [2.24, 2.45) is 5.73 Å². The Morgan fingerprint density at radius 1 is 1.46 bits per heavy atom. The summed E-state index contributed by atoms with van der Waals surface area (Å²) < 4.78 is 0. The average Bonchev–Trinajstić information content (AvgIpc) is 2.48. The second kappa shape index (κ2) is 3.82. The van der Waals surface area contributed by atoms with Crippen LogP contribution in [-0.2, 0) is 6.42 Å². The molecule has 1 atom stereocenters. The van der Waals surface area contributed by atoms with Crippen molar-refractivity contribution in [2.75, 3.05) is 0 Å². The van der Waals surface area contributed by atoms with Crippen LogP contribution in [0.25, 0.3) is 4.85 Å². The molecule has 2 rings (SSSR count). The van der Waals surface area contributed by atoms with Crippen molar-refractivity contribution in [3.8, 4) is 0 Å². The molecule has 2 N–H and O–H groups in total. The summed E-state index contributed by atoms with van der Waals surface area (Å²) in [6.45, 7) is 6.96. The smallest absolute Gasteiger partial charge is 0.190 e. The van der Waals surface area contributed by atoms with Gasteiger partial charge in [0.25, 0.3) is 0 Å². The summed E-state index contributed by atoms with van der Waals surface area (Å²) in [4.78, 5) is 3.47. The molecular formula is C10H12N2S. The first kappa shape index (κ1) is 10.1. The quantitative estimate of drug-likeness (QED) is 0.628. The lowest BCUT2D eigenvalue weighted by Gasteiger charge is -2.04. The molecule has 0 saturated heterocycles. The average molecular weight is 192 g/mol. The van der Waals surface area contributed by atoms with Gasteiger partial charge in [0, 0.05) is 6.04 Å². The van der Waals surface area contributed by atoms with Crippen molar-refractivity contribution in [1.29, 1.82) is 0 Å². The predicted molar refractivity (Wildman–Crippen MR) is 58.3 cm³/mol. The summed E-state index contributed by atoms with van der Waals surface area (Å²) in [5.74, 6) is 0. The van der Waals surface area contributed by atoms with Crippen molar-refractivity contribution in [3.63, 3.8) is 0 Å². The monoisotopic (exact) mass is 192 g/mol. The largest absolute Gasteiger partial charge is 0.324 e. The van der Waals surface area contributed by atoms with Gasteiger partial charge in [0.1, 0.15) is 0 Å². The Kier molecular flexibility index (Phi) is 2.97. The first-order chi connectivity index (χ1) is 5.83. The minimum atomic E-state index is 0. The molecule has 1 aliphatic rings. The third-order valence-corrected chi connectivity index (χ3v) is 2.41. The Bertz CT molecular complexity index is 354. The molecule has 3 heteroatoms. The van der Waals surface area contributed by atoms with E-state index in [0.29, 0.717) is 0 Å². The van der Waals surface area contributed by atoms with Gasteiger partial charge in [-0.1, -0.05) is 18.2 Å². The third-order valence-electron chi connectivity index (χ3n) is 2.41. The standard InChI is InChI=1S/C10H10N2.H2S/c1-12-10-4-2-3-7-8(10)5-6-9(7)11;/h2-4,9H,5-6,11H2;1H2/t9-;/m0./s1.